The van der Waals surface area contributed by atoms with E-state index in [4.69, 9.17) is 0 Å². The molecular weight excluding hydrogens is 292 g/mol. The third kappa shape index (κ3) is 4.14. The standard InChI is InChI=1S/C14H22N2O2S2/c1-11(2)16-20(17,18)14-8-4-3-7-13(14)15-10-12-6-5-9-19-12/h3-4,7-8,11-12,15-16H,5-6,9-10H2,1-2H3. The van der Waals surface area contributed by atoms with Gasteiger partial charge in [-0.2, -0.15) is 11.8 Å². The van der Waals surface area contributed by atoms with Crippen LogP contribution >= 0.6 is 11.8 Å². The topological polar surface area (TPSA) is 58.2 Å². The van der Waals surface area contributed by atoms with Gasteiger partial charge in [-0.05, 0) is 44.6 Å². The molecule has 0 spiro atoms. The third-order valence-corrected chi connectivity index (χ3v) is 6.23. The molecule has 20 heavy (non-hydrogen) atoms. The van der Waals surface area contributed by atoms with Crippen LogP contribution in [0.15, 0.2) is 29.2 Å². The lowest BCUT2D eigenvalue weighted by Crippen LogP contribution is -2.31. The zero-order chi connectivity index (χ0) is 14.6. The molecular formula is C14H22N2O2S2. The summed E-state index contributed by atoms with van der Waals surface area (Å²) < 4.78 is 27.2. The van der Waals surface area contributed by atoms with Gasteiger partial charge < -0.3 is 5.32 Å². The lowest BCUT2D eigenvalue weighted by molar-refractivity contribution is 0.570. The highest BCUT2D eigenvalue weighted by Crippen LogP contribution is 2.27. The van der Waals surface area contributed by atoms with Gasteiger partial charge in [-0.1, -0.05) is 12.1 Å². The van der Waals surface area contributed by atoms with Gasteiger partial charge in [0.25, 0.3) is 0 Å². The van der Waals surface area contributed by atoms with Gasteiger partial charge in [-0.25, -0.2) is 13.1 Å². The van der Waals surface area contributed by atoms with Gasteiger partial charge in [0, 0.05) is 17.8 Å². The Bertz CT molecular complexity index is 538. The van der Waals surface area contributed by atoms with Gasteiger partial charge in [0.1, 0.15) is 4.90 Å². The number of nitrogens with one attached hydrogen (secondary N) is 2. The van der Waals surface area contributed by atoms with E-state index in [0.717, 1.165) is 6.54 Å². The summed E-state index contributed by atoms with van der Waals surface area (Å²) in [6.07, 6.45) is 2.46. The lowest BCUT2D eigenvalue weighted by atomic mass is 10.2. The highest BCUT2D eigenvalue weighted by atomic mass is 32.2. The Balaban J connectivity index is 2.13. The minimum Gasteiger partial charge on any atom is -0.383 e. The number of hydrogen-bond acceptors (Lipinski definition) is 4. The van der Waals surface area contributed by atoms with E-state index >= 15 is 0 Å². The van der Waals surface area contributed by atoms with E-state index < -0.39 is 10.0 Å². The molecule has 1 saturated heterocycles. The van der Waals surface area contributed by atoms with Crippen LogP contribution in [0.1, 0.15) is 26.7 Å². The van der Waals surface area contributed by atoms with Gasteiger partial charge >= 0.3 is 0 Å². The summed E-state index contributed by atoms with van der Waals surface area (Å²) >= 11 is 1.96. The highest BCUT2D eigenvalue weighted by Gasteiger charge is 2.20. The molecule has 0 bridgehead atoms. The fourth-order valence-electron chi connectivity index (χ4n) is 2.25. The van der Waals surface area contributed by atoms with Crippen molar-refractivity contribution in [2.75, 3.05) is 17.6 Å². The van der Waals surface area contributed by atoms with Crippen LogP contribution < -0.4 is 10.0 Å². The van der Waals surface area contributed by atoms with Crippen LogP contribution in [0.4, 0.5) is 5.69 Å². The number of thioether (sulfide) groups is 1. The molecule has 2 N–H and O–H groups in total. The Kier molecular flexibility index (Phi) is 5.35. The number of hydrogen-bond donors (Lipinski definition) is 2. The Morgan fingerprint density at radius 2 is 2.10 bits per heavy atom. The minimum atomic E-state index is -3.46. The quantitative estimate of drug-likeness (QED) is 0.847. The summed E-state index contributed by atoms with van der Waals surface area (Å²) in [6.45, 7) is 4.46. The molecule has 112 valence electrons. The van der Waals surface area contributed by atoms with Gasteiger partial charge in [0.2, 0.25) is 10.0 Å². The highest BCUT2D eigenvalue weighted by molar-refractivity contribution is 8.00. The zero-order valence-electron chi connectivity index (χ0n) is 11.9. The molecule has 0 amide bonds. The van der Waals surface area contributed by atoms with E-state index in [1.807, 2.05) is 37.7 Å². The molecule has 6 heteroatoms. The van der Waals surface area contributed by atoms with Crippen molar-refractivity contribution >= 4 is 27.5 Å². The Labute approximate surface area is 125 Å². The maximum absolute atomic E-state index is 12.3. The van der Waals surface area contributed by atoms with Crippen molar-refractivity contribution in [2.24, 2.45) is 0 Å². The zero-order valence-corrected chi connectivity index (χ0v) is 13.6. The summed E-state index contributed by atoms with van der Waals surface area (Å²) in [4.78, 5) is 0.330. The van der Waals surface area contributed by atoms with Crippen molar-refractivity contribution in [3.63, 3.8) is 0 Å². The van der Waals surface area contributed by atoms with E-state index in [1.54, 1.807) is 12.1 Å². The van der Waals surface area contributed by atoms with Gasteiger partial charge in [0.15, 0.2) is 0 Å². The first-order valence-corrected chi connectivity index (χ1v) is 9.49. The number of benzene rings is 1. The lowest BCUT2D eigenvalue weighted by Gasteiger charge is -2.16. The molecule has 1 unspecified atom stereocenters. The monoisotopic (exact) mass is 314 g/mol. The van der Waals surface area contributed by atoms with Crippen molar-refractivity contribution in [3.05, 3.63) is 24.3 Å². The first-order valence-electron chi connectivity index (χ1n) is 6.96. The average Bonchev–Trinajstić information content (AvgIpc) is 2.88. The van der Waals surface area contributed by atoms with Crippen LogP contribution in [0.2, 0.25) is 0 Å². The van der Waals surface area contributed by atoms with Crippen LogP contribution in [0.3, 0.4) is 0 Å². The molecule has 1 aliphatic rings. The van der Waals surface area contributed by atoms with Crippen LogP contribution in [0.5, 0.6) is 0 Å². The van der Waals surface area contributed by atoms with E-state index in [-0.39, 0.29) is 6.04 Å². The Hall–Kier alpha value is -0.720. The maximum Gasteiger partial charge on any atom is 0.242 e. The largest absolute Gasteiger partial charge is 0.383 e. The van der Waals surface area contributed by atoms with Crippen molar-refractivity contribution in [1.82, 2.24) is 4.72 Å². The van der Waals surface area contributed by atoms with Crippen molar-refractivity contribution in [3.8, 4) is 0 Å². The van der Waals surface area contributed by atoms with Gasteiger partial charge in [0.05, 0.1) is 5.69 Å². The molecule has 1 heterocycles. The SMILES string of the molecule is CC(C)NS(=O)(=O)c1ccccc1NCC1CCCS1. The summed E-state index contributed by atoms with van der Waals surface area (Å²) in [5, 5.41) is 3.88. The molecule has 1 aromatic rings. The number of rotatable bonds is 6. The summed E-state index contributed by atoms with van der Waals surface area (Å²) in [7, 11) is -3.46. The molecule has 1 fully saturated rings. The predicted molar refractivity (Wildman–Crippen MR) is 85.9 cm³/mol. The molecule has 4 nitrogen and oxygen atoms in total. The smallest absolute Gasteiger partial charge is 0.242 e. The molecule has 0 aliphatic carbocycles. The van der Waals surface area contributed by atoms with E-state index in [1.165, 1.54) is 18.6 Å². The third-order valence-electron chi connectivity index (χ3n) is 3.11. The summed E-state index contributed by atoms with van der Waals surface area (Å²) in [5.74, 6) is 1.21. The van der Waals surface area contributed by atoms with E-state index in [9.17, 15) is 8.42 Å². The van der Waals surface area contributed by atoms with Crippen LogP contribution in [-0.4, -0.2) is 32.0 Å². The number of sulfonamides is 1. The molecule has 1 aromatic carbocycles. The summed E-state index contributed by atoms with van der Waals surface area (Å²) in [5.41, 5.74) is 0.688. The molecule has 0 aromatic heterocycles. The van der Waals surface area contributed by atoms with Crippen LogP contribution in [0, 0.1) is 0 Å². The van der Waals surface area contributed by atoms with Crippen molar-refractivity contribution in [1.29, 1.82) is 0 Å². The first kappa shape index (κ1) is 15.7. The fourth-order valence-corrected chi connectivity index (χ4v) is 4.89. The number of anilines is 1. The second-order valence-electron chi connectivity index (χ2n) is 5.29. The predicted octanol–water partition coefficient (Wildman–Crippen LogP) is 2.68. The second kappa shape index (κ2) is 6.83. The average molecular weight is 314 g/mol. The fraction of sp³-hybridized carbons (Fsp3) is 0.571. The maximum atomic E-state index is 12.3. The van der Waals surface area contributed by atoms with E-state index in [2.05, 4.69) is 10.0 Å². The number of para-hydroxylation sites is 1. The van der Waals surface area contributed by atoms with Crippen LogP contribution in [0.25, 0.3) is 0 Å². The molecule has 2 rings (SSSR count). The minimum absolute atomic E-state index is 0.113. The Morgan fingerprint density at radius 1 is 1.35 bits per heavy atom. The second-order valence-corrected chi connectivity index (χ2v) is 8.38. The van der Waals surface area contributed by atoms with Gasteiger partial charge in [-0.15, -0.1) is 0 Å². The van der Waals surface area contributed by atoms with E-state index in [0.29, 0.717) is 15.8 Å². The summed E-state index contributed by atoms with van der Waals surface area (Å²) in [6, 6.07) is 6.98. The first-order chi connectivity index (χ1) is 9.49. The molecule has 1 aliphatic heterocycles. The van der Waals surface area contributed by atoms with Crippen molar-refractivity contribution in [2.45, 2.75) is 42.9 Å². The Morgan fingerprint density at radius 3 is 2.75 bits per heavy atom. The van der Waals surface area contributed by atoms with Crippen LogP contribution in [-0.2, 0) is 10.0 Å². The molecule has 1 atom stereocenters. The normalized spacial score (nSPS) is 19.4. The van der Waals surface area contributed by atoms with Crippen molar-refractivity contribution < 1.29 is 8.42 Å². The molecule has 0 radical (unpaired) electrons. The molecule has 0 saturated carbocycles. The van der Waals surface area contributed by atoms with Gasteiger partial charge in [-0.3, -0.25) is 0 Å².